The topological polar surface area (TPSA) is 20.3 Å². The van der Waals surface area contributed by atoms with Crippen molar-refractivity contribution in [3.63, 3.8) is 0 Å². The Morgan fingerprint density at radius 3 is 2.55 bits per heavy atom. The molecule has 1 aromatic carbocycles. The molecule has 0 saturated carbocycles. The van der Waals surface area contributed by atoms with E-state index in [1.165, 1.54) is 4.90 Å². The smallest absolute Gasteiger partial charge is 0.328 e. The molecule has 6 heteroatoms. The predicted octanol–water partition coefficient (Wildman–Crippen LogP) is 3.33. The number of carbonyl (C=O) groups is 1. The van der Waals surface area contributed by atoms with E-state index in [0.717, 1.165) is 6.07 Å². The summed E-state index contributed by atoms with van der Waals surface area (Å²) in [5.41, 5.74) is -1.69. The van der Waals surface area contributed by atoms with Gasteiger partial charge in [-0.25, -0.2) is 4.39 Å². The van der Waals surface area contributed by atoms with Crippen molar-refractivity contribution >= 4 is 5.91 Å². The molecule has 0 N–H and O–H groups in total. The van der Waals surface area contributed by atoms with Crippen LogP contribution < -0.4 is 0 Å². The van der Waals surface area contributed by atoms with E-state index in [2.05, 4.69) is 5.92 Å². The van der Waals surface area contributed by atoms with Gasteiger partial charge >= 0.3 is 6.18 Å². The fraction of sp³-hybridized carbons (Fsp3) is 0.357. The Morgan fingerprint density at radius 2 is 2.05 bits per heavy atom. The van der Waals surface area contributed by atoms with Crippen molar-refractivity contribution in [3.8, 4) is 12.3 Å². The third-order valence-electron chi connectivity index (χ3n) is 2.58. The third kappa shape index (κ3) is 3.73. The van der Waals surface area contributed by atoms with Crippen LogP contribution in [0.15, 0.2) is 18.2 Å². The molecule has 0 fully saturated rings. The Morgan fingerprint density at radius 1 is 1.40 bits per heavy atom. The first-order valence-electron chi connectivity index (χ1n) is 5.90. The maximum atomic E-state index is 13.1. The lowest BCUT2D eigenvalue weighted by atomic mass is 10.1. The van der Waals surface area contributed by atoms with Crippen LogP contribution in [0.5, 0.6) is 0 Å². The Hall–Kier alpha value is -2.03. The van der Waals surface area contributed by atoms with Crippen LogP contribution in [-0.4, -0.2) is 23.9 Å². The van der Waals surface area contributed by atoms with Crippen molar-refractivity contribution in [2.24, 2.45) is 0 Å². The lowest BCUT2D eigenvalue weighted by Crippen LogP contribution is -2.32. The summed E-state index contributed by atoms with van der Waals surface area (Å²) >= 11 is 0. The highest BCUT2D eigenvalue weighted by atomic mass is 19.4. The average Bonchev–Trinajstić information content (AvgIpc) is 2.37. The zero-order chi connectivity index (χ0) is 15.3. The van der Waals surface area contributed by atoms with E-state index in [-0.39, 0.29) is 12.1 Å². The van der Waals surface area contributed by atoms with E-state index in [1.54, 1.807) is 0 Å². The predicted molar refractivity (Wildman–Crippen MR) is 66.4 cm³/mol. The number of halogens is 4. The van der Waals surface area contributed by atoms with Gasteiger partial charge in [-0.15, -0.1) is 6.42 Å². The first kappa shape index (κ1) is 16.0. The molecule has 0 saturated heterocycles. The highest BCUT2D eigenvalue weighted by Gasteiger charge is 2.35. The van der Waals surface area contributed by atoms with Gasteiger partial charge in [-0.05, 0) is 24.6 Å². The molecule has 108 valence electrons. The lowest BCUT2D eigenvalue weighted by Gasteiger charge is -2.20. The Labute approximate surface area is 114 Å². The Kier molecular flexibility index (Phi) is 5.14. The van der Waals surface area contributed by atoms with Crippen molar-refractivity contribution in [3.05, 3.63) is 35.1 Å². The summed E-state index contributed by atoms with van der Waals surface area (Å²) < 4.78 is 50.9. The van der Waals surface area contributed by atoms with Crippen molar-refractivity contribution in [2.45, 2.75) is 19.5 Å². The monoisotopic (exact) mass is 287 g/mol. The van der Waals surface area contributed by atoms with Crippen molar-refractivity contribution in [1.29, 1.82) is 0 Å². The van der Waals surface area contributed by atoms with Crippen LogP contribution in [0, 0.1) is 18.2 Å². The standard InChI is InChI=1S/C14H13F4NO/c1-3-7-19(8-4-2)13(20)10-5-6-12(15)11(9-10)14(16,17)18/h1,5-6,9H,4,7-8H2,2H3. The summed E-state index contributed by atoms with van der Waals surface area (Å²) in [6.45, 7) is 2.12. The minimum Gasteiger partial charge on any atom is -0.328 e. The summed E-state index contributed by atoms with van der Waals surface area (Å²) in [6, 6.07) is 2.17. The van der Waals surface area contributed by atoms with Gasteiger partial charge in [0.1, 0.15) is 5.82 Å². The van der Waals surface area contributed by atoms with E-state index < -0.39 is 23.5 Å². The summed E-state index contributed by atoms with van der Waals surface area (Å²) in [5.74, 6) is 0.216. The molecule has 1 amide bonds. The van der Waals surface area contributed by atoms with E-state index >= 15 is 0 Å². The number of nitrogens with zero attached hydrogens (tertiary/aromatic N) is 1. The zero-order valence-corrected chi connectivity index (χ0v) is 10.8. The number of rotatable bonds is 4. The van der Waals surface area contributed by atoms with Crippen LogP contribution >= 0.6 is 0 Å². The number of terminal acetylenes is 1. The van der Waals surface area contributed by atoms with E-state index in [9.17, 15) is 22.4 Å². The molecule has 0 bridgehead atoms. The highest BCUT2D eigenvalue weighted by molar-refractivity contribution is 5.94. The van der Waals surface area contributed by atoms with Crippen LogP contribution in [0.4, 0.5) is 17.6 Å². The normalized spacial score (nSPS) is 11.0. The molecule has 0 aliphatic heterocycles. The number of benzene rings is 1. The minimum absolute atomic E-state index is 0.00853. The molecule has 0 aliphatic rings. The van der Waals surface area contributed by atoms with Gasteiger partial charge in [-0.1, -0.05) is 12.8 Å². The molecule has 1 rings (SSSR count). The zero-order valence-electron chi connectivity index (χ0n) is 10.8. The number of carbonyl (C=O) groups excluding carboxylic acids is 1. The lowest BCUT2D eigenvalue weighted by molar-refractivity contribution is -0.140. The molecule has 0 heterocycles. The van der Waals surface area contributed by atoms with Crippen molar-refractivity contribution in [1.82, 2.24) is 4.90 Å². The average molecular weight is 287 g/mol. The van der Waals surface area contributed by atoms with Gasteiger partial charge in [-0.2, -0.15) is 13.2 Å². The Bertz CT molecular complexity index is 531. The van der Waals surface area contributed by atoms with Gasteiger partial charge in [0, 0.05) is 12.1 Å². The minimum atomic E-state index is -4.85. The first-order chi connectivity index (χ1) is 9.31. The maximum absolute atomic E-state index is 13.1. The van der Waals surface area contributed by atoms with Gasteiger partial charge in [0.05, 0.1) is 12.1 Å². The summed E-state index contributed by atoms with van der Waals surface area (Å²) in [5, 5.41) is 0. The fourth-order valence-electron chi connectivity index (χ4n) is 1.69. The summed E-state index contributed by atoms with van der Waals surface area (Å²) in [4.78, 5) is 13.3. The second-order valence-corrected chi connectivity index (χ2v) is 4.12. The van der Waals surface area contributed by atoms with Gasteiger partial charge in [0.15, 0.2) is 0 Å². The van der Waals surface area contributed by atoms with Gasteiger partial charge in [-0.3, -0.25) is 4.79 Å². The molecular weight excluding hydrogens is 274 g/mol. The third-order valence-corrected chi connectivity index (χ3v) is 2.58. The number of amides is 1. The SMILES string of the molecule is C#CCN(CCC)C(=O)c1ccc(F)c(C(F)(F)F)c1. The molecule has 20 heavy (non-hydrogen) atoms. The van der Waals surface area contributed by atoms with Crippen LogP contribution in [0.2, 0.25) is 0 Å². The van der Waals surface area contributed by atoms with Crippen LogP contribution in [0.25, 0.3) is 0 Å². The van der Waals surface area contributed by atoms with Crippen molar-refractivity contribution < 1.29 is 22.4 Å². The molecule has 0 aliphatic carbocycles. The van der Waals surface area contributed by atoms with E-state index in [1.807, 2.05) is 6.92 Å². The van der Waals surface area contributed by atoms with Crippen LogP contribution in [0.3, 0.4) is 0 Å². The molecule has 0 radical (unpaired) electrons. The van der Waals surface area contributed by atoms with Crippen molar-refractivity contribution in [2.75, 3.05) is 13.1 Å². The molecular formula is C14H13F4NO. The van der Waals surface area contributed by atoms with Crippen LogP contribution in [0.1, 0.15) is 29.3 Å². The summed E-state index contributed by atoms with van der Waals surface area (Å²) in [7, 11) is 0. The quantitative estimate of drug-likeness (QED) is 0.614. The largest absolute Gasteiger partial charge is 0.419 e. The molecule has 0 aromatic heterocycles. The number of alkyl halides is 3. The molecule has 0 atom stereocenters. The van der Waals surface area contributed by atoms with Crippen LogP contribution in [-0.2, 0) is 6.18 Å². The van der Waals surface area contributed by atoms with E-state index in [4.69, 9.17) is 6.42 Å². The fourth-order valence-corrected chi connectivity index (χ4v) is 1.69. The number of hydrogen-bond donors (Lipinski definition) is 0. The number of hydrogen-bond acceptors (Lipinski definition) is 1. The first-order valence-corrected chi connectivity index (χ1v) is 5.90. The maximum Gasteiger partial charge on any atom is 0.419 e. The van der Waals surface area contributed by atoms with Gasteiger partial charge in [0.2, 0.25) is 0 Å². The molecule has 0 unspecified atom stereocenters. The second-order valence-electron chi connectivity index (χ2n) is 4.12. The van der Waals surface area contributed by atoms with Gasteiger partial charge in [0.25, 0.3) is 5.91 Å². The highest BCUT2D eigenvalue weighted by Crippen LogP contribution is 2.32. The van der Waals surface area contributed by atoms with Gasteiger partial charge < -0.3 is 4.90 Å². The molecule has 1 aromatic rings. The second kappa shape index (κ2) is 6.42. The molecule has 2 nitrogen and oxygen atoms in total. The van der Waals surface area contributed by atoms with E-state index in [0.29, 0.717) is 25.1 Å². The summed E-state index contributed by atoms with van der Waals surface area (Å²) in [6.07, 6.45) is 0.882. The Balaban J connectivity index is 3.14. The molecule has 0 spiro atoms.